The van der Waals surface area contributed by atoms with E-state index in [2.05, 4.69) is 10.1 Å². The molecule has 3 N–H and O–H groups in total. The molecule has 7 heteroatoms. The van der Waals surface area contributed by atoms with E-state index in [0.29, 0.717) is 23.5 Å². The van der Waals surface area contributed by atoms with Gasteiger partial charge in [0, 0.05) is 13.1 Å². The number of likely N-dealkylation sites (N-methyl/N-ethyl adjacent to an activating group) is 1. The summed E-state index contributed by atoms with van der Waals surface area (Å²) in [5, 5.41) is 14.2. The first-order valence-electron chi connectivity index (χ1n) is 9.36. The number of hydrogen-bond donors (Lipinski definition) is 2. The van der Waals surface area contributed by atoms with Gasteiger partial charge in [-0.2, -0.15) is 5.10 Å². The van der Waals surface area contributed by atoms with E-state index in [1.807, 2.05) is 32.7 Å². The van der Waals surface area contributed by atoms with Crippen molar-refractivity contribution in [1.29, 1.82) is 0 Å². The van der Waals surface area contributed by atoms with Gasteiger partial charge in [0.2, 0.25) is 5.91 Å². The first-order chi connectivity index (χ1) is 11.8. The van der Waals surface area contributed by atoms with Gasteiger partial charge in [0.05, 0.1) is 12.1 Å². The summed E-state index contributed by atoms with van der Waals surface area (Å²) in [5.41, 5.74) is 6.23. The molecular formula is C18H31N5O2. The predicted octanol–water partition coefficient (Wildman–Crippen LogP) is 1.25. The minimum absolute atomic E-state index is 0.0487. The van der Waals surface area contributed by atoms with Crippen molar-refractivity contribution in [2.45, 2.75) is 71.2 Å². The van der Waals surface area contributed by atoms with Gasteiger partial charge < -0.3 is 15.7 Å². The quantitative estimate of drug-likeness (QED) is 0.834. The average molecular weight is 349 g/mol. The molecule has 140 valence electrons. The summed E-state index contributed by atoms with van der Waals surface area (Å²) in [7, 11) is 1.89. The van der Waals surface area contributed by atoms with Gasteiger partial charge >= 0.3 is 0 Å². The Labute approximate surface area is 149 Å². The van der Waals surface area contributed by atoms with E-state index in [-0.39, 0.29) is 36.6 Å². The lowest BCUT2D eigenvalue weighted by atomic mass is 10.0. The van der Waals surface area contributed by atoms with Crippen molar-refractivity contribution in [3.8, 4) is 0 Å². The highest BCUT2D eigenvalue weighted by atomic mass is 16.3. The predicted molar refractivity (Wildman–Crippen MR) is 94.5 cm³/mol. The average Bonchev–Trinajstić information content (AvgIpc) is 3.18. The maximum absolute atomic E-state index is 12.8. The number of carbonyl (C=O) groups excluding carboxylic acids is 1. The first-order valence-corrected chi connectivity index (χ1v) is 9.36. The zero-order valence-corrected chi connectivity index (χ0v) is 15.7. The fraction of sp³-hybridized carbons (Fsp3) is 0.833. The van der Waals surface area contributed by atoms with Gasteiger partial charge in [-0.25, -0.2) is 9.67 Å². The van der Waals surface area contributed by atoms with Crippen molar-refractivity contribution in [3.05, 3.63) is 11.6 Å². The van der Waals surface area contributed by atoms with E-state index in [1.54, 1.807) is 4.68 Å². The minimum atomic E-state index is -0.230. The van der Waals surface area contributed by atoms with Crippen LogP contribution in [0.1, 0.15) is 57.2 Å². The van der Waals surface area contributed by atoms with Crippen molar-refractivity contribution in [2.75, 3.05) is 7.05 Å². The van der Waals surface area contributed by atoms with Gasteiger partial charge in [0.1, 0.15) is 18.2 Å². The number of aliphatic hydroxyl groups excluding tert-OH is 1. The number of aryl methyl sites for hydroxylation is 1. The van der Waals surface area contributed by atoms with Gasteiger partial charge in [0.15, 0.2) is 0 Å². The molecule has 1 aromatic rings. The van der Waals surface area contributed by atoms with Crippen LogP contribution in [0.25, 0.3) is 0 Å². The number of fused-ring (bicyclic) bond motifs is 1. The summed E-state index contributed by atoms with van der Waals surface area (Å²) in [6.07, 6.45) is 3.63. The molecule has 1 heterocycles. The maximum atomic E-state index is 12.8. The standard InChI is InChI=1S/C18H31N5O2/c1-10(2)17(19)18-20-11(3)21-23(18)9-16(25)22(4)14-5-12-7-15(24)8-13(12)6-14/h10,12-15,17,24H,5-9,19H2,1-4H3/t12-,13+,14?,15?,17-/m0/s1. The SMILES string of the molecule is Cc1nc([C@@H](N)C(C)C)n(CC(=O)N(C)C2C[C@H]3CC(O)C[C@H]3C2)n1. The zero-order chi connectivity index (χ0) is 18.3. The van der Waals surface area contributed by atoms with Gasteiger partial charge in [0.25, 0.3) is 0 Å². The molecule has 0 aliphatic heterocycles. The Morgan fingerprint density at radius 3 is 2.48 bits per heavy atom. The number of nitrogens with zero attached hydrogens (tertiary/aromatic N) is 4. The molecule has 2 unspecified atom stereocenters. The third-order valence-corrected chi connectivity index (χ3v) is 6.01. The Hall–Kier alpha value is -1.47. The Morgan fingerprint density at radius 1 is 1.32 bits per heavy atom. The molecule has 0 radical (unpaired) electrons. The second kappa shape index (κ2) is 7.03. The molecule has 0 saturated heterocycles. The molecule has 5 atom stereocenters. The highest BCUT2D eigenvalue weighted by Gasteiger charge is 2.43. The lowest BCUT2D eigenvalue weighted by molar-refractivity contribution is -0.132. The van der Waals surface area contributed by atoms with Crippen molar-refractivity contribution < 1.29 is 9.90 Å². The molecule has 25 heavy (non-hydrogen) atoms. The molecule has 0 spiro atoms. The van der Waals surface area contributed by atoms with E-state index in [9.17, 15) is 9.90 Å². The van der Waals surface area contributed by atoms with Gasteiger partial charge in [-0.3, -0.25) is 4.79 Å². The normalized spacial score (nSPS) is 29.9. The second-order valence-electron chi connectivity index (χ2n) is 8.22. The molecule has 2 fully saturated rings. The molecule has 2 aliphatic rings. The molecule has 0 aromatic carbocycles. The molecule has 2 aliphatic carbocycles. The highest BCUT2D eigenvalue weighted by molar-refractivity contribution is 5.76. The zero-order valence-electron chi connectivity index (χ0n) is 15.7. The number of amides is 1. The number of carbonyl (C=O) groups is 1. The van der Waals surface area contributed by atoms with Crippen LogP contribution in [0.3, 0.4) is 0 Å². The van der Waals surface area contributed by atoms with E-state index >= 15 is 0 Å². The lowest BCUT2D eigenvalue weighted by Crippen LogP contribution is -2.39. The Kier molecular flexibility index (Phi) is 5.16. The van der Waals surface area contributed by atoms with Crippen molar-refractivity contribution in [2.24, 2.45) is 23.5 Å². The van der Waals surface area contributed by atoms with Crippen molar-refractivity contribution in [1.82, 2.24) is 19.7 Å². The summed E-state index contributed by atoms with van der Waals surface area (Å²) in [4.78, 5) is 19.1. The minimum Gasteiger partial charge on any atom is -0.393 e. The molecule has 0 bridgehead atoms. The topological polar surface area (TPSA) is 97.3 Å². The van der Waals surface area contributed by atoms with Crippen LogP contribution in [0.15, 0.2) is 0 Å². The number of aliphatic hydroxyl groups is 1. The third kappa shape index (κ3) is 3.72. The second-order valence-corrected chi connectivity index (χ2v) is 8.22. The van der Waals surface area contributed by atoms with Crippen LogP contribution in [-0.2, 0) is 11.3 Å². The Morgan fingerprint density at radius 2 is 1.92 bits per heavy atom. The van der Waals surface area contributed by atoms with E-state index < -0.39 is 0 Å². The molecule has 2 saturated carbocycles. The van der Waals surface area contributed by atoms with Crippen LogP contribution < -0.4 is 5.73 Å². The summed E-state index contributed by atoms with van der Waals surface area (Å²) in [5.74, 6) is 2.73. The van der Waals surface area contributed by atoms with Crippen molar-refractivity contribution in [3.63, 3.8) is 0 Å². The summed E-state index contributed by atoms with van der Waals surface area (Å²) < 4.78 is 1.67. The van der Waals surface area contributed by atoms with E-state index in [1.165, 1.54) is 0 Å². The number of aromatic nitrogens is 3. The van der Waals surface area contributed by atoms with E-state index in [0.717, 1.165) is 25.7 Å². The smallest absolute Gasteiger partial charge is 0.244 e. The van der Waals surface area contributed by atoms with Gasteiger partial charge in [-0.05, 0) is 50.4 Å². The van der Waals surface area contributed by atoms with Crippen LogP contribution in [0.2, 0.25) is 0 Å². The lowest BCUT2D eigenvalue weighted by Gasteiger charge is -2.26. The van der Waals surface area contributed by atoms with Gasteiger partial charge in [-0.1, -0.05) is 13.8 Å². The van der Waals surface area contributed by atoms with Crippen LogP contribution in [0.5, 0.6) is 0 Å². The molecule has 3 rings (SSSR count). The van der Waals surface area contributed by atoms with E-state index in [4.69, 9.17) is 5.73 Å². The highest BCUT2D eigenvalue weighted by Crippen LogP contribution is 2.45. The van der Waals surface area contributed by atoms with Crippen LogP contribution in [0.4, 0.5) is 0 Å². The molecule has 1 amide bonds. The molecule has 7 nitrogen and oxygen atoms in total. The van der Waals surface area contributed by atoms with Crippen LogP contribution >= 0.6 is 0 Å². The summed E-state index contributed by atoms with van der Waals surface area (Å²) >= 11 is 0. The Balaban J connectivity index is 1.65. The maximum Gasteiger partial charge on any atom is 0.244 e. The number of nitrogens with two attached hydrogens (primary N) is 1. The monoisotopic (exact) mass is 349 g/mol. The van der Waals surface area contributed by atoms with Crippen molar-refractivity contribution >= 4 is 5.91 Å². The largest absolute Gasteiger partial charge is 0.393 e. The summed E-state index contributed by atoms with van der Waals surface area (Å²) in [6.45, 7) is 6.09. The number of rotatable bonds is 5. The number of hydrogen-bond acceptors (Lipinski definition) is 5. The molecular weight excluding hydrogens is 318 g/mol. The van der Waals surface area contributed by atoms with Crippen LogP contribution in [-0.4, -0.2) is 49.9 Å². The Bertz CT molecular complexity index is 615. The molecule has 1 aromatic heterocycles. The summed E-state index contributed by atoms with van der Waals surface area (Å²) in [6, 6.07) is 0.0356. The van der Waals surface area contributed by atoms with Crippen LogP contribution in [0, 0.1) is 24.7 Å². The fourth-order valence-corrected chi connectivity index (χ4v) is 4.44. The fourth-order valence-electron chi connectivity index (χ4n) is 4.44. The first kappa shape index (κ1) is 18.3. The third-order valence-electron chi connectivity index (χ3n) is 6.01. The van der Waals surface area contributed by atoms with Gasteiger partial charge in [-0.15, -0.1) is 0 Å².